The predicted octanol–water partition coefficient (Wildman–Crippen LogP) is 5.25. The highest BCUT2D eigenvalue weighted by molar-refractivity contribution is 5.81. The molecule has 5 rings (SSSR count). The smallest absolute Gasteiger partial charge is 0.330 e. The van der Waals surface area contributed by atoms with Crippen LogP contribution in [-0.2, 0) is 28.5 Å². The maximum atomic E-state index is 11.4. The van der Waals surface area contributed by atoms with E-state index < -0.39 is 11.6 Å². The summed E-state index contributed by atoms with van der Waals surface area (Å²) in [6.45, 7) is 10.0. The number of hydrogen-bond donors (Lipinski definition) is 0. The molecule has 0 aromatic heterocycles. The average Bonchev–Trinajstić information content (AvgIpc) is 3.55. The Bertz CT molecular complexity index is 782. The van der Waals surface area contributed by atoms with E-state index in [0.29, 0.717) is 36.9 Å². The molecular formula is C28H44O6. The van der Waals surface area contributed by atoms with Crippen molar-refractivity contribution in [2.75, 3.05) is 33.5 Å². The van der Waals surface area contributed by atoms with Crippen molar-refractivity contribution in [1.82, 2.24) is 0 Å². The lowest BCUT2D eigenvalue weighted by molar-refractivity contribution is -0.295. The Balaban J connectivity index is 1.36. The van der Waals surface area contributed by atoms with Crippen molar-refractivity contribution in [1.29, 1.82) is 0 Å². The number of allylic oxidation sites excluding steroid dienone is 1. The maximum absolute atomic E-state index is 11.4. The van der Waals surface area contributed by atoms with E-state index in [1.807, 2.05) is 6.08 Å². The fourth-order valence-corrected chi connectivity index (χ4v) is 9.14. The third-order valence-electron chi connectivity index (χ3n) is 10.7. The molecule has 0 aromatic rings. The van der Waals surface area contributed by atoms with Gasteiger partial charge in [0.1, 0.15) is 0 Å². The summed E-state index contributed by atoms with van der Waals surface area (Å²) in [7, 11) is 1.42. The van der Waals surface area contributed by atoms with Gasteiger partial charge in [-0.05, 0) is 81.5 Å². The first-order chi connectivity index (χ1) is 16.3. The number of unbranched alkanes of at least 4 members (excludes halogenated alkanes) is 1. The maximum Gasteiger partial charge on any atom is 0.330 e. The second-order valence-electron chi connectivity index (χ2n) is 12.0. The minimum Gasteiger partial charge on any atom is -0.466 e. The standard InChI is InChI=1S/C28H44O6/c1-25-14-12-22-20(21(25)9-10-23(25)27(3)31-16-17-32-27)11-15-28(33-18-19-34-28)26(22,2)13-7-5-6-8-24(29)30-4/h6,8,20-23H,5,7,9-19H2,1-4H3/b8-6+/t20-,21-,22-,23-,25-,26+/m0/s1. The molecule has 5 fully saturated rings. The van der Waals surface area contributed by atoms with Gasteiger partial charge in [-0.1, -0.05) is 19.9 Å². The zero-order valence-corrected chi connectivity index (χ0v) is 21.6. The van der Waals surface area contributed by atoms with Crippen molar-refractivity contribution in [3.63, 3.8) is 0 Å². The molecule has 0 unspecified atom stereocenters. The van der Waals surface area contributed by atoms with Crippen molar-refractivity contribution in [2.45, 2.75) is 90.1 Å². The lowest BCUT2D eigenvalue weighted by Crippen LogP contribution is -2.61. The van der Waals surface area contributed by atoms with Crippen LogP contribution < -0.4 is 0 Å². The molecule has 0 bridgehead atoms. The average molecular weight is 477 g/mol. The third kappa shape index (κ3) is 3.79. The van der Waals surface area contributed by atoms with Crippen LogP contribution in [0.15, 0.2) is 12.2 Å². The van der Waals surface area contributed by atoms with Crippen LogP contribution in [0.4, 0.5) is 0 Å². The molecule has 2 saturated heterocycles. The van der Waals surface area contributed by atoms with Crippen LogP contribution >= 0.6 is 0 Å². The summed E-state index contributed by atoms with van der Waals surface area (Å²) in [6, 6.07) is 0. The minimum absolute atomic E-state index is 0.0187. The second-order valence-corrected chi connectivity index (χ2v) is 12.0. The van der Waals surface area contributed by atoms with Gasteiger partial charge in [-0.2, -0.15) is 0 Å². The summed E-state index contributed by atoms with van der Waals surface area (Å²) in [4.78, 5) is 11.4. The molecule has 0 N–H and O–H groups in total. The number of carbonyl (C=O) groups is 1. The highest BCUT2D eigenvalue weighted by atomic mass is 16.7. The molecule has 0 radical (unpaired) electrons. The van der Waals surface area contributed by atoms with E-state index in [-0.39, 0.29) is 16.8 Å². The van der Waals surface area contributed by atoms with Gasteiger partial charge in [-0.25, -0.2) is 4.79 Å². The first-order valence-corrected chi connectivity index (χ1v) is 13.6. The van der Waals surface area contributed by atoms with Crippen LogP contribution in [0.3, 0.4) is 0 Å². The molecule has 6 heteroatoms. The van der Waals surface area contributed by atoms with E-state index in [9.17, 15) is 4.79 Å². The van der Waals surface area contributed by atoms with Gasteiger partial charge in [0.15, 0.2) is 11.6 Å². The number of fused-ring (bicyclic) bond motifs is 3. The number of rotatable bonds is 6. The molecule has 3 saturated carbocycles. The van der Waals surface area contributed by atoms with E-state index >= 15 is 0 Å². The van der Waals surface area contributed by atoms with Crippen molar-refractivity contribution in [3.8, 4) is 0 Å². The van der Waals surface area contributed by atoms with Crippen LogP contribution in [0.5, 0.6) is 0 Å². The zero-order valence-electron chi connectivity index (χ0n) is 21.6. The molecule has 6 atom stereocenters. The molecule has 2 heterocycles. The van der Waals surface area contributed by atoms with E-state index in [1.165, 1.54) is 39.2 Å². The van der Waals surface area contributed by atoms with Crippen LogP contribution in [0.2, 0.25) is 0 Å². The highest BCUT2D eigenvalue weighted by Gasteiger charge is 2.67. The Morgan fingerprint density at radius 3 is 2.32 bits per heavy atom. The normalized spacial score (nSPS) is 42.7. The number of ether oxygens (including phenoxy) is 5. The van der Waals surface area contributed by atoms with Crippen LogP contribution in [0.25, 0.3) is 0 Å². The van der Waals surface area contributed by atoms with E-state index in [2.05, 4.69) is 20.8 Å². The predicted molar refractivity (Wildman–Crippen MR) is 128 cm³/mol. The second kappa shape index (κ2) is 9.17. The molecular weight excluding hydrogens is 432 g/mol. The van der Waals surface area contributed by atoms with Gasteiger partial charge in [0.2, 0.25) is 0 Å². The molecule has 5 aliphatic rings. The largest absolute Gasteiger partial charge is 0.466 e. The van der Waals surface area contributed by atoms with Gasteiger partial charge in [-0.3, -0.25) is 0 Å². The number of esters is 1. The monoisotopic (exact) mass is 476 g/mol. The van der Waals surface area contributed by atoms with E-state index in [1.54, 1.807) is 6.08 Å². The zero-order chi connectivity index (χ0) is 24.0. The van der Waals surface area contributed by atoms with Crippen LogP contribution in [-0.4, -0.2) is 51.1 Å². The summed E-state index contributed by atoms with van der Waals surface area (Å²) in [6.07, 6.45) is 13.5. The van der Waals surface area contributed by atoms with Gasteiger partial charge in [0, 0.05) is 23.8 Å². The lowest BCUT2D eigenvalue weighted by atomic mass is 9.46. The SMILES string of the molecule is COC(=O)/C=C/CCC[C@]1(C)[C@H]2CC[C@]3(C)[C@@H](C4(C)OCCO4)CC[C@H]3[C@@H]2CCC12OCCO2. The number of carbonyl (C=O) groups excluding carboxylic acids is 1. The summed E-state index contributed by atoms with van der Waals surface area (Å²) in [5.74, 6) is 1.32. The Hall–Kier alpha value is -0.950. The molecule has 3 aliphatic carbocycles. The summed E-state index contributed by atoms with van der Waals surface area (Å²) >= 11 is 0. The fraction of sp³-hybridized carbons (Fsp3) is 0.893. The molecule has 34 heavy (non-hydrogen) atoms. The molecule has 1 spiro atoms. The van der Waals surface area contributed by atoms with Gasteiger partial charge >= 0.3 is 5.97 Å². The van der Waals surface area contributed by atoms with Crippen molar-refractivity contribution in [3.05, 3.63) is 12.2 Å². The lowest BCUT2D eigenvalue weighted by Gasteiger charge is -2.62. The summed E-state index contributed by atoms with van der Waals surface area (Å²) < 4.78 is 30.0. The first-order valence-electron chi connectivity index (χ1n) is 13.6. The number of methoxy groups -OCH3 is 1. The Kier molecular flexibility index (Phi) is 6.67. The first kappa shape index (κ1) is 24.7. The summed E-state index contributed by atoms with van der Waals surface area (Å²) in [5, 5.41) is 0. The van der Waals surface area contributed by atoms with Crippen LogP contribution in [0, 0.1) is 34.5 Å². The van der Waals surface area contributed by atoms with Crippen molar-refractivity contribution >= 4 is 5.97 Å². The van der Waals surface area contributed by atoms with Gasteiger partial charge in [0.05, 0.1) is 33.5 Å². The van der Waals surface area contributed by atoms with E-state index in [0.717, 1.165) is 38.9 Å². The topological polar surface area (TPSA) is 63.2 Å². The Morgan fingerprint density at radius 2 is 1.62 bits per heavy atom. The molecule has 0 aromatic carbocycles. The Morgan fingerprint density at radius 1 is 0.912 bits per heavy atom. The Labute approximate surface area is 205 Å². The minimum atomic E-state index is -0.449. The van der Waals surface area contributed by atoms with Gasteiger partial charge in [0.25, 0.3) is 0 Å². The summed E-state index contributed by atoms with van der Waals surface area (Å²) in [5.41, 5.74) is 0.251. The van der Waals surface area contributed by atoms with Gasteiger partial charge in [-0.15, -0.1) is 0 Å². The van der Waals surface area contributed by atoms with Gasteiger partial charge < -0.3 is 23.7 Å². The van der Waals surface area contributed by atoms with Crippen LogP contribution in [0.1, 0.15) is 78.6 Å². The molecule has 192 valence electrons. The van der Waals surface area contributed by atoms with E-state index in [4.69, 9.17) is 23.7 Å². The fourth-order valence-electron chi connectivity index (χ4n) is 9.14. The quantitative estimate of drug-likeness (QED) is 0.296. The molecule has 0 amide bonds. The molecule has 6 nitrogen and oxygen atoms in total. The highest BCUT2D eigenvalue weighted by Crippen LogP contribution is 2.69. The number of hydrogen-bond acceptors (Lipinski definition) is 6. The van der Waals surface area contributed by atoms with Crippen molar-refractivity contribution < 1.29 is 28.5 Å². The third-order valence-corrected chi connectivity index (χ3v) is 10.7. The van der Waals surface area contributed by atoms with Crippen molar-refractivity contribution in [2.24, 2.45) is 34.5 Å². The molecule has 2 aliphatic heterocycles.